The van der Waals surface area contributed by atoms with Crippen molar-refractivity contribution in [2.24, 2.45) is 10.1 Å². The van der Waals surface area contributed by atoms with Crippen LogP contribution in [0.15, 0.2) is 34.4 Å². The lowest BCUT2D eigenvalue weighted by molar-refractivity contribution is 0.318. The molecule has 0 bridgehead atoms. The van der Waals surface area contributed by atoms with E-state index in [9.17, 15) is 0 Å². The SMILES string of the molecule is C/C(CC1=NC(C)(C)Cc2ccccc21)=N\O. The van der Waals surface area contributed by atoms with Crippen LogP contribution in [0.3, 0.4) is 0 Å². The molecule has 0 spiro atoms. The van der Waals surface area contributed by atoms with Gasteiger partial charge in [-0.2, -0.15) is 0 Å². The van der Waals surface area contributed by atoms with Crippen molar-refractivity contribution in [3.05, 3.63) is 35.4 Å². The van der Waals surface area contributed by atoms with Crippen LogP contribution in [0.25, 0.3) is 0 Å². The zero-order valence-corrected chi connectivity index (χ0v) is 10.6. The Morgan fingerprint density at radius 1 is 1.41 bits per heavy atom. The number of rotatable bonds is 2. The second-order valence-electron chi connectivity index (χ2n) is 5.22. The molecule has 0 radical (unpaired) electrons. The normalized spacial score (nSPS) is 18.5. The molecule has 0 fully saturated rings. The number of fused-ring (bicyclic) bond motifs is 1. The highest BCUT2D eigenvalue weighted by atomic mass is 16.4. The molecule has 0 amide bonds. The highest BCUT2D eigenvalue weighted by Gasteiger charge is 2.26. The molecule has 1 N–H and O–H groups in total. The lowest BCUT2D eigenvalue weighted by Gasteiger charge is -2.29. The van der Waals surface area contributed by atoms with Gasteiger partial charge in [-0.05, 0) is 38.3 Å². The quantitative estimate of drug-likeness (QED) is 0.473. The first-order valence-electron chi connectivity index (χ1n) is 5.86. The molecule has 1 aromatic carbocycles. The Kier molecular flexibility index (Phi) is 3.01. The topological polar surface area (TPSA) is 45.0 Å². The fourth-order valence-electron chi connectivity index (χ4n) is 2.30. The number of hydrogen-bond donors (Lipinski definition) is 1. The van der Waals surface area contributed by atoms with Gasteiger partial charge in [0.25, 0.3) is 0 Å². The third-order valence-corrected chi connectivity index (χ3v) is 2.98. The summed E-state index contributed by atoms with van der Waals surface area (Å²) in [4.78, 5) is 4.77. The van der Waals surface area contributed by atoms with Crippen molar-refractivity contribution in [1.82, 2.24) is 0 Å². The zero-order chi connectivity index (χ0) is 12.5. The maximum absolute atomic E-state index is 8.78. The number of oxime groups is 1. The van der Waals surface area contributed by atoms with E-state index in [2.05, 4.69) is 37.2 Å². The van der Waals surface area contributed by atoms with Crippen molar-refractivity contribution >= 4 is 11.4 Å². The molecule has 0 aliphatic carbocycles. The van der Waals surface area contributed by atoms with Crippen LogP contribution in [0.4, 0.5) is 0 Å². The first-order valence-corrected chi connectivity index (χ1v) is 5.86. The van der Waals surface area contributed by atoms with Gasteiger partial charge in [-0.3, -0.25) is 4.99 Å². The molecule has 0 aromatic heterocycles. The Balaban J connectivity index is 2.43. The molecule has 1 aromatic rings. The van der Waals surface area contributed by atoms with Gasteiger partial charge < -0.3 is 5.21 Å². The van der Waals surface area contributed by atoms with Gasteiger partial charge in [0.15, 0.2) is 0 Å². The smallest absolute Gasteiger partial charge is 0.0599 e. The predicted molar refractivity (Wildman–Crippen MR) is 70.3 cm³/mol. The van der Waals surface area contributed by atoms with E-state index in [1.807, 2.05) is 13.0 Å². The lowest BCUT2D eigenvalue weighted by atomic mass is 9.86. The molecule has 0 saturated carbocycles. The van der Waals surface area contributed by atoms with Gasteiger partial charge in [-0.15, -0.1) is 0 Å². The van der Waals surface area contributed by atoms with Crippen LogP contribution in [0.5, 0.6) is 0 Å². The van der Waals surface area contributed by atoms with E-state index in [0.717, 1.165) is 12.1 Å². The third kappa shape index (κ3) is 2.54. The van der Waals surface area contributed by atoms with E-state index in [0.29, 0.717) is 12.1 Å². The summed E-state index contributed by atoms with van der Waals surface area (Å²) in [6.45, 7) is 6.08. The average molecular weight is 230 g/mol. The van der Waals surface area contributed by atoms with Crippen molar-refractivity contribution in [3.8, 4) is 0 Å². The molecular weight excluding hydrogens is 212 g/mol. The second-order valence-corrected chi connectivity index (χ2v) is 5.22. The van der Waals surface area contributed by atoms with E-state index < -0.39 is 0 Å². The minimum absolute atomic E-state index is 0.0700. The Morgan fingerprint density at radius 2 is 2.12 bits per heavy atom. The van der Waals surface area contributed by atoms with Crippen molar-refractivity contribution in [2.75, 3.05) is 0 Å². The van der Waals surface area contributed by atoms with Crippen LogP contribution in [0, 0.1) is 0 Å². The monoisotopic (exact) mass is 230 g/mol. The van der Waals surface area contributed by atoms with E-state index in [1.54, 1.807) is 0 Å². The van der Waals surface area contributed by atoms with Crippen LogP contribution in [0.1, 0.15) is 38.3 Å². The van der Waals surface area contributed by atoms with Gasteiger partial charge in [0, 0.05) is 12.1 Å². The maximum Gasteiger partial charge on any atom is 0.0599 e. The number of hydrogen-bond acceptors (Lipinski definition) is 3. The van der Waals surface area contributed by atoms with Gasteiger partial charge in [0.1, 0.15) is 0 Å². The summed E-state index contributed by atoms with van der Waals surface area (Å²) >= 11 is 0. The van der Waals surface area contributed by atoms with Crippen molar-refractivity contribution in [1.29, 1.82) is 0 Å². The average Bonchev–Trinajstić information content (AvgIpc) is 2.27. The summed E-state index contributed by atoms with van der Waals surface area (Å²) in [7, 11) is 0. The molecule has 0 saturated heterocycles. The van der Waals surface area contributed by atoms with Crippen LogP contribution in [0.2, 0.25) is 0 Å². The maximum atomic E-state index is 8.78. The first-order chi connectivity index (χ1) is 8.02. The highest BCUT2D eigenvalue weighted by molar-refractivity contribution is 6.13. The number of aliphatic imine (C=N–C) groups is 1. The Labute approximate surface area is 102 Å². The molecule has 0 unspecified atom stereocenters. The van der Waals surface area contributed by atoms with E-state index >= 15 is 0 Å². The molecule has 17 heavy (non-hydrogen) atoms. The summed E-state index contributed by atoms with van der Waals surface area (Å²) < 4.78 is 0. The summed E-state index contributed by atoms with van der Waals surface area (Å²) in [6, 6.07) is 8.33. The largest absolute Gasteiger partial charge is 0.411 e. The molecule has 1 heterocycles. The van der Waals surface area contributed by atoms with Gasteiger partial charge in [-0.1, -0.05) is 29.4 Å². The molecule has 1 aliphatic heterocycles. The molecule has 1 aliphatic rings. The number of benzene rings is 1. The van der Waals surface area contributed by atoms with Crippen molar-refractivity contribution < 1.29 is 5.21 Å². The Bertz CT molecular complexity index is 487. The predicted octanol–water partition coefficient (Wildman–Crippen LogP) is 3.05. The lowest BCUT2D eigenvalue weighted by Crippen LogP contribution is -2.29. The Morgan fingerprint density at radius 3 is 2.82 bits per heavy atom. The minimum atomic E-state index is -0.0700. The molecule has 2 rings (SSSR count). The molecule has 0 atom stereocenters. The summed E-state index contributed by atoms with van der Waals surface area (Å²) in [6.07, 6.45) is 1.57. The summed E-state index contributed by atoms with van der Waals surface area (Å²) in [5, 5.41) is 12.0. The first kappa shape index (κ1) is 11.8. The van der Waals surface area contributed by atoms with Crippen molar-refractivity contribution in [3.63, 3.8) is 0 Å². The van der Waals surface area contributed by atoms with Gasteiger partial charge in [0.05, 0.1) is 11.3 Å². The van der Waals surface area contributed by atoms with Gasteiger partial charge in [-0.25, -0.2) is 0 Å². The van der Waals surface area contributed by atoms with E-state index in [1.165, 1.54) is 11.1 Å². The molecule has 3 nitrogen and oxygen atoms in total. The second kappa shape index (κ2) is 4.32. The van der Waals surface area contributed by atoms with Crippen LogP contribution in [-0.4, -0.2) is 22.2 Å². The van der Waals surface area contributed by atoms with Crippen LogP contribution in [-0.2, 0) is 6.42 Å². The highest BCUT2D eigenvalue weighted by Crippen LogP contribution is 2.27. The number of nitrogens with zero attached hydrogens (tertiary/aromatic N) is 2. The standard InChI is InChI=1S/C14H18N2O/c1-10(16-17)8-13-12-7-5-4-6-11(12)9-14(2,3)15-13/h4-7,17H,8-9H2,1-3H3/b16-10+. The minimum Gasteiger partial charge on any atom is -0.411 e. The summed E-state index contributed by atoms with van der Waals surface area (Å²) in [5.74, 6) is 0. The van der Waals surface area contributed by atoms with E-state index in [-0.39, 0.29) is 5.54 Å². The van der Waals surface area contributed by atoms with Gasteiger partial charge >= 0.3 is 0 Å². The van der Waals surface area contributed by atoms with Crippen LogP contribution >= 0.6 is 0 Å². The summed E-state index contributed by atoms with van der Waals surface area (Å²) in [5.41, 5.74) is 4.16. The Hall–Kier alpha value is -1.64. The third-order valence-electron chi connectivity index (χ3n) is 2.98. The fraction of sp³-hybridized carbons (Fsp3) is 0.429. The molecule has 3 heteroatoms. The van der Waals surface area contributed by atoms with E-state index in [4.69, 9.17) is 10.2 Å². The van der Waals surface area contributed by atoms with Crippen LogP contribution < -0.4 is 0 Å². The van der Waals surface area contributed by atoms with Gasteiger partial charge in [0.2, 0.25) is 0 Å². The zero-order valence-electron chi connectivity index (χ0n) is 10.6. The molecular formula is C14H18N2O. The van der Waals surface area contributed by atoms with Crippen molar-refractivity contribution in [2.45, 2.75) is 39.2 Å². The fourth-order valence-corrected chi connectivity index (χ4v) is 2.30. The molecule has 90 valence electrons.